The van der Waals surface area contributed by atoms with E-state index >= 15 is 0 Å². The topological polar surface area (TPSA) is 76.1 Å². The van der Waals surface area contributed by atoms with Gasteiger partial charge in [-0.3, -0.25) is 4.79 Å². The van der Waals surface area contributed by atoms with Crippen LogP contribution in [0.3, 0.4) is 0 Å². The van der Waals surface area contributed by atoms with E-state index in [0.717, 1.165) is 0 Å². The van der Waals surface area contributed by atoms with Crippen LogP contribution in [0, 0.1) is 0 Å². The minimum atomic E-state index is -0.325. The van der Waals surface area contributed by atoms with Crippen molar-refractivity contribution in [1.29, 1.82) is 0 Å². The van der Waals surface area contributed by atoms with Gasteiger partial charge in [0.15, 0.2) is 0 Å². The Hall–Kier alpha value is -2.89. The average Bonchev–Trinajstić information content (AvgIpc) is 2.54. The van der Waals surface area contributed by atoms with Gasteiger partial charge in [0, 0.05) is 12.6 Å². The highest BCUT2D eigenvalue weighted by Gasteiger charge is 2.12. The van der Waals surface area contributed by atoms with Crippen LogP contribution in [0.2, 0.25) is 0 Å². The van der Waals surface area contributed by atoms with Crippen LogP contribution in [-0.4, -0.2) is 28.5 Å². The van der Waals surface area contributed by atoms with E-state index in [9.17, 15) is 4.79 Å². The summed E-state index contributed by atoms with van der Waals surface area (Å²) in [5.41, 5.74) is 0.872. The van der Waals surface area contributed by atoms with Crippen LogP contribution in [0.4, 0.5) is 11.5 Å². The molecule has 1 aromatic heterocycles. The molecule has 1 aromatic carbocycles. The van der Waals surface area contributed by atoms with Crippen LogP contribution in [0.25, 0.3) is 0 Å². The van der Waals surface area contributed by atoms with E-state index in [2.05, 4.69) is 27.2 Å². The van der Waals surface area contributed by atoms with Gasteiger partial charge in [0.2, 0.25) is 0 Å². The Morgan fingerprint density at radius 2 is 2.13 bits per heavy atom. The highest BCUT2D eigenvalue weighted by molar-refractivity contribution is 6.04. The van der Waals surface area contributed by atoms with E-state index in [1.165, 1.54) is 6.33 Å². The molecule has 6 nitrogen and oxygen atoms in total. The Morgan fingerprint density at radius 3 is 2.87 bits per heavy atom. The van der Waals surface area contributed by atoms with Crippen molar-refractivity contribution < 1.29 is 9.53 Å². The van der Waals surface area contributed by atoms with Gasteiger partial charge < -0.3 is 15.4 Å². The Morgan fingerprint density at radius 1 is 1.35 bits per heavy atom. The van der Waals surface area contributed by atoms with Crippen molar-refractivity contribution in [3.05, 3.63) is 55.0 Å². The molecule has 0 atom stereocenters. The first-order valence-electron chi connectivity index (χ1n) is 7.34. The molecule has 0 unspecified atom stereocenters. The first kappa shape index (κ1) is 16.5. The molecule has 0 aliphatic carbocycles. The van der Waals surface area contributed by atoms with E-state index in [4.69, 9.17) is 4.74 Å². The van der Waals surface area contributed by atoms with Crippen LogP contribution in [-0.2, 0) is 0 Å². The number of carbonyl (C=O) groups is 1. The molecule has 0 spiro atoms. The lowest BCUT2D eigenvalue weighted by Gasteiger charge is -2.14. The number of carbonyl (C=O) groups excluding carboxylic acids is 1. The van der Waals surface area contributed by atoms with Gasteiger partial charge in [-0.05, 0) is 26.0 Å². The molecule has 1 heterocycles. The van der Waals surface area contributed by atoms with Gasteiger partial charge in [-0.25, -0.2) is 9.97 Å². The van der Waals surface area contributed by atoms with E-state index in [-0.39, 0.29) is 17.7 Å². The van der Waals surface area contributed by atoms with Crippen LogP contribution in [0.5, 0.6) is 5.75 Å². The van der Waals surface area contributed by atoms with Gasteiger partial charge in [0.1, 0.15) is 23.6 Å². The predicted molar refractivity (Wildman–Crippen MR) is 90.9 cm³/mol. The number of nitrogens with one attached hydrogen (secondary N) is 2. The van der Waals surface area contributed by atoms with Crippen molar-refractivity contribution >= 4 is 17.4 Å². The number of hydrogen-bond acceptors (Lipinski definition) is 5. The Labute approximate surface area is 135 Å². The Kier molecular flexibility index (Phi) is 5.68. The third kappa shape index (κ3) is 4.81. The molecule has 23 heavy (non-hydrogen) atoms. The fourth-order valence-corrected chi connectivity index (χ4v) is 1.87. The molecule has 6 heteroatoms. The lowest BCUT2D eigenvalue weighted by atomic mass is 10.2. The number of rotatable bonds is 7. The van der Waals surface area contributed by atoms with Gasteiger partial charge in [0.05, 0.1) is 11.8 Å². The number of anilines is 2. The van der Waals surface area contributed by atoms with Crippen LogP contribution in [0.15, 0.2) is 49.3 Å². The van der Waals surface area contributed by atoms with E-state index in [0.29, 0.717) is 23.8 Å². The quantitative estimate of drug-likeness (QED) is 0.768. The summed E-state index contributed by atoms with van der Waals surface area (Å²) in [5, 5.41) is 5.83. The fraction of sp³-hybridized carbons (Fsp3) is 0.235. The summed E-state index contributed by atoms with van der Waals surface area (Å²) in [6, 6.07) is 8.88. The zero-order valence-electron chi connectivity index (χ0n) is 13.2. The second kappa shape index (κ2) is 7.93. The Bertz CT molecular complexity index is 686. The second-order valence-electron chi connectivity index (χ2n) is 5.07. The first-order chi connectivity index (χ1) is 11.1. The number of hydrogen-bond donors (Lipinski definition) is 2. The van der Waals surface area contributed by atoms with Crippen molar-refractivity contribution in [2.45, 2.75) is 20.0 Å². The molecular formula is C17H20N4O2. The SMILES string of the molecule is C=CCNc1cc(C(=O)Nc2ccccc2OC(C)C)ncn1. The molecule has 0 saturated heterocycles. The molecule has 0 saturated carbocycles. The number of aromatic nitrogens is 2. The molecule has 0 bridgehead atoms. The summed E-state index contributed by atoms with van der Waals surface area (Å²) in [4.78, 5) is 20.4. The fourth-order valence-electron chi connectivity index (χ4n) is 1.87. The molecule has 0 aliphatic heterocycles. The van der Waals surface area contributed by atoms with Gasteiger partial charge in [-0.1, -0.05) is 18.2 Å². The molecule has 0 aliphatic rings. The maximum absolute atomic E-state index is 12.4. The zero-order valence-corrected chi connectivity index (χ0v) is 13.2. The first-order valence-corrected chi connectivity index (χ1v) is 7.34. The second-order valence-corrected chi connectivity index (χ2v) is 5.07. The van der Waals surface area contributed by atoms with Crippen LogP contribution < -0.4 is 15.4 Å². The normalized spacial score (nSPS) is 10.2. The Balaban J connectivity index is 2.14. The van der Waals surface area contributed by atoms with Crippen molar-refractivity contribution in [1.82, 2.24) is 9.97 Å². The maximum atomic E-state index is 12.4. The molecule has 120 valence electrons. The summed E-state index contributed by atoms with van der Waals surface area (Å²) >= 11 is 0. The number of amides is 1. The van der Waals surface area contributed by atoms with Crippen molar-refractivity contribution in [3.8, 4) is 5.75 Å². The monoisotopic (exact) mass is 312 g/mol. The van der Waals surface area contributed by atoms with Gasteiger partial charge in [-0.15, -0.1) is 6.58 Å². The summed E-state index contributed by atoms with van der Waals surface area (Å²) in [5.74, 6) is 0.862. The van der Waals surface area contributed by atoms with Gasteiger partial charge in [0.25, 0.3) is 5.91 Å². The number of ether oxygens (including phenoxy) is 1. The largest absolute Gasteiger partial charge is 0.489 e. The average molecular weight is 312 g/mol. The molecule has 2 N–H and O–H groups in total. The maximum Gasteiger partial charge on any atom is 0.274 e. The van der Waals surface area contributed by atoms with Gasteiger partial charge in [-0.2, -0.15) is 0 Å². The minimum Gasteiger partial charge on any atom is -0.489 e. The molecule has 2 aromatic rings. The standard InChI is InChI=1S/C17H20N4O2/c1-4-9-18-16-10-14(19-11-20-16)17(22)21-13-7-5-6-8-15(13)23-12(2)3/h4-8,10-12H,1,9H2,2-3H3,(H,21,22)(H,18,19,20). The van der Waals surface area contributed by atoms with E-state index in [1.807, 2.05) is 32.0 Å². The summed E-state index contributed by atoms with van der Waals surface area (Å²) < 4.78 is 5.69. The highest BCUT2D eigenvalue weighted by Crippen LogP contribution is 2.25. The number of nitrogens with zero attached hydrogens (tertiary/aromatic N) is 2. The number of para-hydroxylation sites is 2. The third-order valence-electron chi connectivity index (χ3n) is 2.83. The molecule has 2 rings (SSSR count). The summed E-state index contributed by atoms with van der Waals surface area (Å²) in [7, 11) is 0. The van der Waals surface area contributed by atoms with Crippen LogP contribution in [0.1, 0.15) is 24.3 Å². The lowest BCUT2D eigenvalue weighted by Crippen LogP contribution is -2.16. The predicted octanol–water partition coefficient (Wildman–Crippen LogP) is 3.11. The highest BCUT2D eigenvalue weighted by atomic mass is 16.5. The van der Waals surface area contributed by atoms with E-state index in [1.54, 1.807) is 18.2 Å². The van der Waals surface area contributed by atoms with Crippen molar-refractivity contribution in [2.24, 2.45) is 0 Å². The van der Waals surface area contributed by atoms with Crippen molar-refractivity contribution in [3.63, 3.8) is 0 Å². The molecular weight excluding hydrogens is 292 g/mol. The summed E-state index contributed by atoms with van der Waals surface area (Å²) in [6.45, 7) is 8.04. The van der Waals surface area contributed by atoms with Gasteiger partial charge >= 0.3 is 0 Å². The third-order valence-corrected chi connectivity index (χ3v) is 2.83. The molecule has 0 radical (unpaired) electrons. The zero-order chi connectivity index (χ0) is 16.7. The smallest absolute Gasteiger partial charge is 0.274 e. The lowest BCUT2D eigenvalue weighted by molar-refractivity contribution is 0.102. The summed E-state index contributed by atoms with van der Waals surface area (Å²) in [6.07, 6.45) is 3.07. The molecule has 0 fully saturated rings. The van der Waals surface area contributed by atoms with Crippen LogP contribution >= 0.6 is 0 Å². The molecule has 1 amide bonds. The minimum absolute atomic E-state index is 0.0156. The number of benzene rings is 1. The van der Waals surface area contributed by atoms with Crippen molar-refractivity contribution in [2.75, 3.05) is 17.2 Å². The van der Waals surface area contributed by atoms with E-state index < -0.39 is 0 Å².